The summed E-state index contributed by atoms with van der Waals surface area (Å²) in [4.78, 5) is 0. The molecule has 1 heterocycles. The van der Waals surface area contributed by atoms with E-state index in [0.717, 1.165) is 5.75 Å². The van der Waals surface area contributed by atoms with Crippen molar-refractivity contribution in [2.24, 2.45) is 11.3 Å². The Hall–Kier alpha value is 0.310. The van der Waals surface area contributed by atoms with Gasteiger partial charge in [0.05, 0.1) is 5.60 Å². The lowest BCUT2D eigenvalue weighted by atomic mass is 9.71. The van der Waals surface area contributed by atoms with E-state index >= 15 is 0 Å². The van der Waals surface area contributed by atoms with E-state index < -0.39 is 0 Å². The van der Waals surface area contributed by atoms with Crippen molar-refractivity contribution in [1.82, 2.24) is 0 Å². The third-order valence-corrected chi connectivity index (χ3v) is 4.76. The molecule has 1 saturated carbocycles. The van der Waals surface area contributed by atoms with Crippen LogP contribution in [0.5, 0.6) is 0 Å². The molecule has 2 fully saturated rings. The van der Waals surface area contributed by atoms with E-state index in [9.17, 15) is 5.11 Å². The number of hydrogen-bond acceptors (Lipinski definition) is 2. The van der Waals surface area contributed by atoms with Gasteiger partial charge in [0.2, 0.25) is 0 Å². The summed E-state index contributed by atoms with van der Waals surface area (Å²) < 4.78 is 0. The van der Waals surface area contributed by atoms with Crippen molar-refractivity contribution in [2.75, 3.05) is 11.5 Å². The normalized spacial score (nSPS) is 41.2. The average molecular weight is 186 g/mol. The highest BCUT2D eigenvalue weighted by Gasteiger charge is 2.54. The predicted octanol–water partition coefficient (Wildman–Crippen LogP) is 2.29. The molecule has 70 valence electrons. The Balaban J connectivity index is 2.18. The van der Waals surface area contributed by atoms with Gasteiger partial charge in [-0.3, -0.25) is 0 Å². The molecular formula is C10H18OS. The van der Waals surface area contributed by atoms with Crippen LogP contribution < -0.4 is 0 Å². The molecule has 1 atom stereocenters. The molecule has 1 aliphatic carbocycles. The van der Waals surface area contributed by atoms with E-state index in [1.54, 1.807) is 0 Å². The first-order chi connectivity index (χ1) is 5.56. The largest absolute Gasteiger partial charge is 0.388 e. The fourth-order valence-electron chi connectivity index (χ4n) is 2.20. The molecule has 1 unspecified atom stereocenters. The number of aliphatic hydroxyl groups is 1. The zero-order valence-corrected chi connectivity index (χ0v) is 8.78. The van der Waals surface area contributed by atoms with Crippen molar-refractivity contribution in [3.05, 3.63) is 0 Å². The van der Waals surface area contributed by atoms with Crippen LogP contribution in [0.15, 0.2) is 0 Å². The Morgan fingerprint density at radius 1 is 1.33 bits per heavy atom. The standard InChI is InChI=1S/C10H18OS/c1-9(2)5-6-12-7-10(9,11)8-3-4-8/h8,11H,3-7H2,1-2H3. The van der Waals surface area contributed by atoms with Crippen molar-refractivity contribution in [3.8, 4) is 0 Å². The van der Waals surface area contributed by atoms with Crippen molar-refractivity contribution in [3.63, 3.8) is 0 Å². The molecule has 0 aromatic carbocycles. The summed E-state index contributed by atoms with van der Waals surface area (Å²) in [7, 11) is 0. The van der Waals surface area contributed by atoms with Crippen molar-refractivity contribution < 1.29 is 5.11 Å². The van der Waals surface area contributed by atoms with Crippen molar-refractivity contribution in [2.45, 2.75) is 38.7 Å². The zero-order chi connectivity index (χ0) is 8.82. The van der Waals surface area contributed by atoms with Crippen LogP contribution in [0.4, 0.5) is 0 Å². The van der Waals surface area contributed by atoms with Gasteiger partial charge in [-0.1, -0.05) is 13.8 Å². The quantitative estimate of drug-likeness (QED) is 0.678. The highest BCUT2D eigenvalue weighted by molar-refractivity contribution is 7.99. The van der Waals surface area contributed by atoms with Gasteiger partial charge in [-0.05, 0) is 36.3 Å². The Labute approximate surface area is 78.9 Å². The van der Waals surface area contributed by atoms with E-state index in [1.165, 1.54) is 25.0 Å². The Morgan fingerprint density at radius 3 is 2.50 bits per heavy atom. The zero-order valence-electron chi connectivity index (χ0n) is 7.97. The third-order valence-electron chi connectivity index (χ3n) is 3.62. The predicted molar refractivity (Wildman–Crippen MR) is 53.4 cm³/mol. The van der Waals surface area contributed by atoms with Crippen LogP contribution in [-0.2, 0) is 0 Å². The molecule has 1 nitrogen and oxygen atoms in total. The van der Waals surface area contributed by atoms with E-state index in [1.807, 2.05) is 11.8 Å². The van der Waals surface area contributed by atoms with Crippen LogP contribution in [0, 0.1) is 11.3 Å². The smallest absolute Gasteiger partial charge is 0.0816 e. The van der Waals surface area contributed by atoms with Gasteiger partial charge in [-0.15, -0.1) is 0 Å². The van der Waals surface area contributed by atoms with E-state index in [4.69, 9.17) is 0 Å². The molecule has 0 aromatic rings. The number of hydrogen-bond donors (Lipinski definition) is 1. The number of rotatable bonds is 1. The van der Waals surface area contributed by atoms with Gasteiger partial charge in [-0.25, -0.2) is 0 Å². The van der Waals surface area contributed by atoms with Gasteiger partial charge in [0.1, 0.15) is 0 Å². The lowest BCUT2D eigenvalue weighted by molar-refractivity contribution is -0.0700. The topological polar surface area (TPSA) is 20.2 Å². The van der Waals surface area contributed by atoms with E-state index in [-0.39, 0.29) is 11.0 Å². The SMILES string of the molecule is CC1(C)CCSCC1(O)C1CC1. The highest BCUT2D eigenvalue weighted by atomic mass is 32.2. The molecule has 0 bridgehead atoms. The van der Waals surface area contributed by atoms with Crippen LogP contribution in [0.3, 0.4) is 0 Å². The molecule has 0 aromatic heterocycles. The fraction of sp³-hybridized carbons (Fsp3) is 1.00. The molecule has 0 amide bonds. The van der Waals surface area contributed by atoms with Crippen LogP contribution in [0.2, 0.25) is 0 Å². The second kappa shape index (κ2) is 2.65. The molecular weight excluding hydrogens is 168 g/mol. The summed E-state index contributed by atoms with van der Waals surface area (Å²) in [5.41, 5.74) is -0.199. The first kappa shape index (κ1) is 8.89. The van der Waals surface area contributed by atoms with Gasteiger partial charge >= 0.3 is 0 Å². The van der Waals surface area contributed by atoms with E-state index in [0.29, 0.717) is 5.92 Å². The summed E-state index contributed by atoms with van der Waals surface area (Å²) >= 11 is 1.92. The average Bonchev–Trinajstić information content (AvgIpc) is 2.77. The van der Waals surface area contributed by atoms with Gasteiger partial charge in [0.15, 0.2) is 0 Å². The summed E-state index contributed by atoms with van der Waals surface area (Å²) in [6, 6.07) is 0. The molecule has 12 heavy (non-hydrogen) atoms. The molecule has 0 spiro atoms. The summed E-state index contributed by atoms with van der Waals surface area (Å²) in [5, 5.41) is 10.5. The second-order valence-corrected chi connectivity index (χ2v) is 5.99. The molecule has 2 heteroatoms. The maximum atomic E-state index is 10.5. The molecule has 0 radical (unpaired) electrons. The van der Waals surface area contributed by atoms with Crippen LogP contribution in [0.25, 0.3) is 0 Å². The fourth-order valence-corrected chi connectivity index (χ4v) is 3.93. The van der Waals surface area contributed by atoms with Gasteiger partial charge in [-0.2, -0.15) is 11.8 Å². The first-order valence-corrected chi connectivity index (χ1v) is 6.02. The third kappa shape index (κ3) is 1.20. The maximum Gasteiger partial charge on any atom is 0.0816 e. The molecule has 1 aliphatic heterocycles. The monoisotopic (exact) mass is 186 g/mol. The van der Waals surface area contributed by atoms with Crippen LogP contribution >= 0.6 is 11.8 Å². The second-order valence-electron chi connectivity index (χ2n) is 4.88. The Kier molecular flexibility index (Phi) is 1.96. The minimum Gasteiger partial charge on any atom is -0.388 e. The Bertz CT molecular complexity index is 186. The molecule has 2 rings (SSSR count). The van der Waals surface area contributed by atoms with Gasteiger partial charge < -0.3 is 5.11 Å². The highest BCUT2D eigenvalue weighted by Crippen LogP contribution is 2.54. The van der Waals surface area contributed by atoms with Gasteiger partial charge in [0, 0.05) is 5.75 Å². The van der Waals surface area contributed by atoms with Crippen molar-refractivity contribution >= 4 is 11.8 Å². The molecule has 2 aliphatic rings. The number of thioether (sulfide) groups is 1. The summed E-state index contributed by atoms with van der Waals surface area (Å²) in [6.45, 7) is 4.45. The van der Waals surface area contributed by atoms with Gasteiger partial charge in [0.25, 0.3) is 0 Å². The maximum absolute atomic E-state index is 10.5. The summed E-state index contributed by atoms with van der Waals surface area (Å²) in [6.07, 6.45) is 3.67. The first-order valence-electron chi connectivity index (χ1n) is 4.86. The minimum atomic E-state index is -0.351. The van der Waals surface area contributed by atoms with Crippen LogP contribution in [0.1, 0.15) is 33.1 Å². The Morgan fingerprint density at radius 2 is 2.00 bits per heavy atom. The van der Waals surface area contributed by atoms with E-state index in [2.05, 4.69) is 13.8 Å². The molecule has 1 saturated heterocycles. The minimum absolute atomic E-state index is 0.152. The van der Waals surface area contributed by atoms with Crippen molar-refractivity contribution in [1.29, 1.82) is 0 Å². The lowest BCUT2D eigenvalue weighted by Gasteiger charge is -2.46. The lowest BCUT2D eigenvalue weighted by Crippen LogP contribution is -2.51. The van der Waals surface area contributed by atoms with Crippen LogP contribution in [-0.4, -0.2) is 22.2 Å². The molecule has 1 N–H and O–H groups in total. The summed E-state index contributed by atoms with van der Waals surface area (Å²) in [5.74, 6) is 2.80.